The molecule has 1 aliphatic heterocycles. The van der Waals surface area contributed by atoms with Crippen molar-refractivity contribution in [3.05, 3.63) is 89.5 Å². The molecule has 3 aromatic carbocycles. The third-order valence-electron chi connectivity index (χ3n) is 9.70. The van der Waals surface area contributed by atoms with E-state index in [1.807, 2.05) is 66.7 Å². The van der Waals surface area contributed by atoms with Crippen LogP contribution in [0.5, 0.6) is 17.2 Å². The zero-order valence-electron chi connectivity index (χ0n) is 30.7. The minimum Gasteiger partial charge on any atom is -0.493 e. The van der Waals surface area contributed by atoms with E-state index in [-0.39, 0.29) is 24.9 Å². The number of hydrogen-bond acceptors (Lipinski definition) is 9. The highest BCUT2D eigenvalue weighted by Gasteiger charge is 2.36. The normalized spacial score (nSPS) is 18.7. The summed E-state index contributed by atoms with van der Waals surface area (Å²) >= 11 is 0. The van der Waals surface area contributed by atoms with Crippen molar-refractivity contribution in [1.82, 2.24) is 15.5 Å². The Hall–Kier alpha value is -4.48. The second kappa shape index (κ2) is 21.1. The lowest BCUT2D eigenvalue weighted by atomic mass is 9.91. The van der Waals surface area contributed by atoms with Crippen LogP contribution in [-0.2, 0) is 33.7 Å². The van der Waals surface area contributed by atoms with Crippen LogP contribution in [0.15, 0.2) is 72.8 Å². The predicted octanol–water partition coefficient (Wildman–Crippen LogP) is 6.70. The van der Waals surface area contributed by atoms with Gasteiger partial charge in [0.2, 0.25) is 0 Å². The van der Waals surface area contributed by atoms with Crippen LogP contribution in [0.1, 0.15) is 61.6 Å². The van der Waals surface area contributed by atoms with Crippen molar-refractivity contribution in [3.8, 4) is 17.2 Å². The smallest absolute Gasteiger partial charge is 0.407 e. The van der Waals surface area contributed by atoms with Crippen LogP contribution in [0.2, 0.25) is 0 Å². The van der Waals surface area contributed by atoms with Gasteiger partial charge in [0.25, 0.3) is 0 Å². The standard InChI is InChI=1S/C41H55N3O8/c1-47-38-19-16-32(28-39(38)48-2)22-26-49-37-13-7-6-12-36(37)44-25-20-35(29-44)52-41(46)43-24-9-8-23-42-40(45)50-27-21-31-14-17-34(18-15-31)51-30-33-10-4-3-5-11-33/h3-5,10-11,14-19,28,35-37H,6-9,12-13,20-27,29-30H2,1-2H3,(H,42,45)(H,43,46)/t35-,36-,37-/m1/s1. The molecule has 0 bridgehead atoms. The number of amides is 2. The van der Waals surface area contributed by atoms with Crippen molar-refractivity contribution >= 4 is 12.2 Å². The van der Waals surface area contributed by atoms with Gasteiger partial charge in [-0.05, 0) is 79.5 Å². The van der Waals surface area contributed by atoms with Crippen molar-refractivity contribution < 1.29 is 38.0 Å². The number of likely N-dealkylation sites (tertiary alicyclic amines) is 1. The second-order valence-corrected chi connectivity index (χ2v) is 13.4. The molecule has 11 nitrogen and oxygen atoms in total. The molecule has 1 aliphatic carbocycles. The first-order valence-electron chi connectivity index (χ1n) is 18.7. The minimum atomic E-state index is -0.440. The van der Waals surface area contributed by atoms with Crippen molar-refractivity contribution in [3.63, 3.8) is 0 Å². The molecule has 0 spiro atoms. The van der Waals surface area contributed by atoms with Gasteiger partial charge in [-0.15, -0.1) is 0 Å². The van der Waals surface area contributed by atoms with E-state index in [1.165, 1.54) is 12.8 Å². The van der Waals surface area contributed by atoms with E-state index in [1.54, 1.807) is 14.2 Å². The molecule has 0 radical (unpaired) electrons. The zero-order chi connectivity index (χ0) is 36.4. The lowest BCUT2D eigenvalue weighted by Gasteiger charge is -2.37. The number of carbonyl (C=O) groups is 2. The summed E-state index contributed by atoms with van der Waals surface area (Å²) in [6, 6.07) is 24.2. The molecular weight excluding hydrogens is 662 g/mol. The summed E-state index contributed by atoms with van der Waals surface area (Å²) in [6.07, 6.45) is 7.41. The van der Waals surface area contributed by atoms with Crippen molar-refractivity contribution in [1.29, 1.82) is 0 Å². The van der Waals surface area contributed by atoms with Gasteiger partial charge in [0, 0.05) is 38.6 Å². The number of alkyl carbamates (subject to hydrolysis) is 2. The maximum Gasteiger partial charge on any atom is 0.407 e. The Morgan fingerprint density at radius 2 is 1.46 bits per heavy atom. The monoisotopic (exact) mass is 717 g/mol. The fourth-order valence-corrected chi connectivity index (χ4v) is 6.83. The van der Waals surface area contributed by atoms with Gasteiger partial charge in [0.15, 0.2) is 11.5 Å². The summed E-state index contributed by atoms with van der Waals surface area (Å²) in [6.45, 7) is 4.04. The maximum absolute atomic E-state index is 12.5. The number of nitrogens with zero attached hydrogens (tertiary/aromatic N) is 1. The number of nitrogens with one attached hydrogen (secondary N) is 2. The molecule has 1 saturated carbocycles. The Balaban J connectivity index is 0.886. The first kappa shape index (κ1) is 38.7. The average Bonchev–Trinajstić information content (AvgIpc) is 3.64. The summed E-state index contributed by atoms with van der Waals surface area (Å²) in [4.78, 5) is 27.0. The average molecular weight is 718 g/mol. The molecule has 0 aromatic heterocycles. The number of carbonyl (C=O) groups excluding carboxylic acids is 2. The fourth-order valence-electron chi connectivity index (χ4n) is 6.83. The topological polar surface area (TPSA) is 117 Å². The second-order valence-electron chi connectivity index (χ2n) is 13.4. The molecule has 1 saturated heterocycles. The first-order chi connectivity index (χ1) is 25.5. The number of ether oxygens (including phenoxy) is 6. The highest BCUT2D eigenvalue weighted by molar-refractivity contribution is 5.67. The molecule has 2 aliphatic rings. The third-order valence-corrected chi connectivity index (χ3v) is 9.70. The molecular formula is C41H55N3O8. The van der Waals surface area contributed by atoms with Crippen LogP contribution < -0.4 is 24.8 Å². The molecule has 52 heavy (non-hydrogen) atoms. The lowest BCUT2D eigenvalue weighted by Crippen LogP contribution is -2.46. The van der Waals surface area contributed by atoms with E-state index in [4.69, 9.17) is 28.4 Å². The summed E-state index contributed by atoms with van der Waals surface area (Å²) in [5.41, 5.74) is 3.33. The van der Waals surface area contributed by atoms with Crippen LogP contribution in [0.4, 0.5) is 9.59 Å². The highest BCUT2D eigenvalue weighted by atomic mass is 16.6. The van der Waals surface area contributed by atoms with Crippen molar-refractivity contribution in [2.45, 2.75) is 82.6 Å². The molecule has 5 rings (SSSR count). The SMILES string of the molecule is COc1ccc(CCO[C@@H]2CCCC[C@H]2N2CC[C@@H](OC(=O)NCCCCNC(=O)OCCc3ccc(OCc4ccccc4)cc3)C2)cc1OC. The van der Waals surface area contributed by atoms with Gasteiger partial charge in [-0.2, -0.15) is 0 Å². The number of rotatable bonds is 19. The van der Waals surface area contributed by atoms with Gasteiger partial charge in [-0.1, -0.05) is 61.4 Å². The minimum absolute atomic E-state index is 0.128. The zero-order valence-corrected chi connectivity index (χ0v) is 30.7. The van der Waals surface area contributed by atoms with E-state index < -0.39 is 6.09 Å². The Morgan fingerprint density at radius 3 is 2.23 bits per heavy atom. The van der Waals surface area contributed by atoms with Crippen molar-refractivity contribution in [2.75, 3.05) is 53.6 Å². The summed E-state index contributed by atoms with van der Waals surface area (Å²) in [5.74, 6) is 2.25. The van der Waals surface area contributed by atoms with Crippen LogP contribution in [-0.4, -0.2) is 88.9 Å². The molecule has 11 heteroatoms. The van der Waals surface area contributed by atoms with Crippen LogP contribution in [0.3, 0.4) is 0 Å². The number of hydrogen-bond donors (Lipinski definition) is 2. The molecule has 2 N–H and O–H groups in total. The first-order valence-corrected chi connectivity index (χ1v) is 18.7. The summed E-state index contributed by atoms with van der Waals surface area (Å²) in [5, 5.41) is 5.63. The Bertz CT molecular complexity index is 1510. The molecule has 2 amide bonds. The molecule has 2 fully saturated rings. The van der Waals surface area contributed by atoms with E-state index >= 15 is 0 Å². The van der Waals surface area contributed by atoms with Gasteiger partial charge < -0.3 is 39.1 Å². The van der Waals surface area contributed by atoms with Crippen LogP contribution in [0.25, 0.3) is 0 Å². The van der Waals surface area contributed by atoms with E-state index in [2.05, 4.69) is 21.6 Å². The van der Waals surface area contributed by atoms with E-state index in [9.17, 15) is 9.59 Å². The Morgan fingerprint density at radius 1 is 0.750 bits per heavy atom. The largest absolute Gasteiger partial charge is 0.493 e. The molecule has 0 unspecified atom stereocenters. The number of unbranched alkanes of at least 4 members (excludes halogenated alkanes) is 1. The third kappa shape index (κ3) is 12.6. The van der Waals surface area contributed by atoms with Gasteiger partial charge in [0.05, 0.1) is 33.5 Å². The van der Waals surface area contributed by atoms with E-state index in [0.29, 0.717) is 45.2 Å². The van der Waals surface area contributed by atoms with Gasteiger partial charge in [-0.25, -0.2) is 9.59 Å². The lowest BCUT2D eigenvalue weighted by molar-refractivity contribution is -0.0319. The van der Waals surface area contributed by atoms with Crippen LogP contribution in [0, 0.1) is 0 Å². The van der Waals surface area contributed by atoms with Gasteiger partial charge in [0.1, 0.15) is 18.5 Å². The summed E-state index contributed by atoms with van der Waals surface area (Å²) in [7, 11) is 3.29. The predicted molar refractivity (Wildman–Crippen MR) is 199 cm³/mol. The van der Waals surface area contributed by atoms with Gasteiger partial charge in [-0.3, -0.25) is 4.90 Å². The quantitative estimate of drug-likeness (QED) is 0.131. The van der Waals surface area contributed by atoms with Crippen molar-refractivity contribution in [2.24, 2.45) is 0 Å². The Labute approximate surface area is 308 Å². The molecule has 3 atom stereocenters. The molecule has 1 heterocycles. The van der Waals surface area contributed by atoms with Crippen LogP contribution >= 0.6 is 0 Å². The number of methoxy groups -OCH3 is 2. The molecule has 3 aromatic rings. The molecule has 282 valence electrons. The van der Waals surface area contributed by atoms with Gasteiger partial charge >= 0.3 is 12.2 Å². The maximum atomic E-state index is 12.5. The summed E-state index contributed by atoms with van der Waals surface area (Å²) < 4.78 is 34.1. The number of benzene rings is 3. The van der Waals surface area contributed by atoms with E-state index in [0.717, 1.165) is 79.1 Å². The fraction of sp³-hybridized carbons (Fsp3) is 0.512. The highest BCUT2D eigenvalue weighted by Crippen LogP contribution is 2.30. The Kier molecular flexibility index (Phi) is 15.8.